The zero-order valence-electron chi connectivity index (χ0n) is 5.87. The topological polar surface area (TPSA) is 99.3 Å². The maximum atomic E-state index is 8.22. The van der Waals surface area contributed by atoms with Crippen molar-refractivity contribution in [3.63, 3.8) is 0 Å². The van der Waals surface area contributed by atoms with Gasteiger partial charge in [-0.05, 0) is 0 Å². The minimum absolute atomic E-state index is 0.291. The van der Waals surface area contributed by atoms with E-state index in [9.17, 15) is 0 Å². The summed E-state index contributed by atoms with van der Waals surface area (Å²) in [6, 6.07) is 0. The Morgan fingerprint density at radius 1 is 1.58 bits per heavy atom. The molecule has 0 aromatic carbocycles. The first-order valence-electron chi connectivity index (χ1n) is 2.90. The highest BCUT2D eigenvalue weighted by atomic mass is 15.9. The molecule has 0 amide bonds. The van der Waals surface area contributed by atoms with E-state index >= 15 is 0 Å². The molecule has 1 radical (unpaired) electrons. The van der Waals surface area contributed by atoms with Crippen LogP contribution in [0.5, 0.6) is 0 Å². The lowest BCUT2D eigenvalue weighted by molar-refractivity contribution is 0.175. The predicted octanol–water partition coefficient (Wildman–Crippen LogP) is -1.51. The van der Waals surface area contributed by atoms with Crippen molar-refractivity contribution in [2.45, 2.75) is 0 Å². The standard InChI is InChI=1S/C5H4N7/c6-3-8-5-1-2-9-12(11-5)10-4-7/h1,9-10H,(H,8,11). The fourth-order valence-electron chi connectivity index (χ4n) is 0.542. The van der Waals surface area contributed by atoms with Crippen molar-refractivity contribution in [2.24, 2.45) is 5.10 Å². The summed E-state index contributed by atoms with van der Waals surface area (Å²) in [7, 11) is 0. The van der Waals surface area contributed by atoms with Crippen LogP contribution in [-0.2, 0) is 0 Å². The molecule has 0 saturated heterocycles. The van der Waals surface area contributed by atoms with Gasteiger partial charge in [-0.25, -0.2) is 0 Å². The van der Waals surface area contributed by atoms with Gasteiger partial charge in [-0.1, -0.05) is 5.23 Å². The second-order valence-corrected chi connectivity index (χ2v) is 1.66. The Morgan fingerprint density at radius 2 is 2.42 bits per heavy atom. The third-order valence-electron chi connectivity index (χ3n) is 0.927. The van der Waals surface area contributed by atoms with E-state index in [1.165, 1.54) is 6.08 Å². The van der Waals surface area contributed by atoms with Crippen molar-refractivity contribution in [3.05, 3.63) is 12.3 Å². The summed E-state index contributed by atoms with van der Waals surface area (Å²) < 4.78 is 0. The van der Waals surface area contributed by atoms with Crippen molar-refractivity contribution < 1.29 is 0 Å². The van der Waals surface area contributed by atoms with Crippen LogP contribution in [-0.4, -0.2) is 11.1 Å². The average Bonchev–Trinajstić information content (AvgIpc) is 2.06. The first-order chi connectivity index (χ1) is 5.86. The number of nitrogens with one attached hydrogen (secondary N) is 3. The Balaban J connectivity index is 2.58. The van der Waals surface area contributed by atoms with Crippen LogP contribution in [0.15, 0.2) is 11.2 Å². The molecular formula is C5H4N7. The van der Waals surface area contributed by atoms with E-state index in [0.717, 1.165) is 5.23 Å². The normalized spacial score (nSPS) is 13.5. The molecule has 1 rings (SSSR count). The van der Waals surface area contributed by atoms with Crippen LogP contribution in [0.1, 0.15) is 0 Å². The van der Waals surface area contributed by atoms with Crippen LogP contribution in [0.25, 0.3) is 0 Å². The molecule has 0 aromatic rings. The number of amidine groups is 1. The molecule has 0 aliphatic carbocycles. The Labute approximate surface area is 68.5 Å². The van der Waals surface area contributed by atoms with E-state index in [4.69, 9.17) is 10.5 Å². The maximum Gasteiger partial charge on any atom is 0.200 e. The lowest BCUT2D eigenvalue weighted by Crippen LogP contribution is -2.43. The molecule has 59 valence electrons. The first-order valence-corrected chi connectivity index (χ1v) is 2.90. The fraction of sp³-hybridized carbons (Fsp3) is 0. The summed E-state index contributed by atoms with van der Waals surface area (Å²) >= 11 is 0. The number of nitriles is 2. The minimum Gasteiger partial charge on any atom is -0.275 e. The van der Waals surface area contributed by atoms with Gasteiger partial charge in [0.15, 0.2) is 18.2 Å². The van der Waals surface area contributed by atoms with E-state index in [2.05, 4.69) is 27.5 Å². The van der Waals surface area contributed by atoms with Gasteiger partial charge in [0, 0.05) is 6.08 Å². The molecule has 12 heavy (non-hydrogen) atoms. The number of hydrazine groups is 2. The fourth-order valence-corrected chi connectivity index (χ4v) is 0.542. The summed E-state index contributed by atoms with van der Waals surface area (Å²) in [5, 5.41) is 23.4. The van der Waals surface area contributed by atoms with Crippen molar-refractivity contribution in [1.29, 1.82) is 10.5 Å². The Morgan fingerprint density at radius 3 is 3.08 bits per heavy atom. The van der Waals surface area contributed by atoms with Gasteiger partial charge >= 0.3 is 0 Å². The van der Waals surface area contributed by atoms with Gasteiger partial charge in [-0.15, -0.1) is 5.10 Å². The van der Waals surface area contributed by atoms with E-state index in [0.29, 0.717) is 5.84 Å². The highest BCUT2D eigenvalue weighted by Crippen LogP contribution is 1.87. The molecule has 1 aliphatic rings. The van der Waals surface area contributed by atoms with Crippen LogP contribution in [0, 0.1) is 29.1 Å². The zero-order chi connectivity index (χ0) is 8.81. The summed E-state index contributed by atoms with van der Waals surface area (Å²) in [6.45, 7) is 0. The van der Waals surface area contributed by atoms with Crippen molar-refractivity contribution in [3.8, 4) is 12.4 Å². The largest absolute Gasteiger partial charge is 0.275 e. The number of hydrogen-bond acceptors (Lipinski definition) is 7. The molecule has 0 spiro atoms. The third-order valence-corrected chi connectivity index (χ3v) is 0.927. The summed E-state index contributed by atoms with van der Waals surface area (Å²) in [5.74, 6) is 0.291. The van der Waals surface area contributed by atoms with Gasteiger partial charge in [0.25, 0.3) is 0 Å². The number of nitrogens with zero attached hydrogens (tertiary/aromatic N) is 4. The smallest absolute Gasteiger partial charge is 0.200 e. The molecule has 0 fully saturated rings. The van der Waals surface area contributed by atoms with Gasteiger partial charge in [0.2, 0.25) is 0 Å². The lowest BCUT2D eigenvalue weighted by Gasteiger charge is -2.17. The third kappa shape index (κ3) is 1.78. The lowest BCUT2D eigenvalue weighted by atomic mass is 10.5. The van der Waals surface area contributed by atoms with Gasteiger partial charge in [-0.3, -0.25) is 10.7 Å². The van der Waals surface area contributed by atoms with Crippen LogP contribution < -0.4 is 16.2 Å². The van der Waals surface area contributed by atoms with E-state index in [1.54, 1.807) is 12.4 Å². The van der Waals surface area contributed by atoms with E-state index < -0.39 is 0 Å². The van der Waals surface area contributed by atoms with Crippen molar-refractivity contribution >= 4 is 5.84 Å². The number of hydrazone groups is 1. The van der Waals surface area contributed by atoms with Crippen LogP contribution in [0.4, 0.5) is 0 Å². The zero-order valence-corrected chi connectivity index (χ0v) is 5.87. The summed E-state index contributed by atoms with van der Waals surface area (Å²) in [5.41, 5.74) is 4.65. The van der Waals surface area contributed by atoms with Crippen LogP contribution in [0.2, 0.25) is 0 Å². The highest BCUT2D eigenvalue weighted by Gasteiger charge is 2.03. The molecule has 0 atom stereocenters. The van der Waals surface area contributed by atoms with Crippen molar-refractivity contribution in [1.82, 2.24) is 21.4 Å². The number of hydrogen-bond donors (Lipinski definition) is 3. The van der Waals surface area contributed by atoms with Gasteiger partial charge in [0.05, 0.1) is 6.20 Å². The van der Waals surface area contributed by atoms with Crippen LogP contribution >= 0.6 is 0 Å². The molecule has 7 nitrogen and oxygen atoms in total. The molecule has 0 saturated carbocycles. The monoisotopic (exact) mass is 162 g/mol. The van der Waals surface area contributed by atoms with Gasteiger partial charge in [0.1, 0.15) is 0 Å². The van der Waals surface area contributed by atoms with E-state index in [-0.39, 0.29) is 0 Å². The van der Waals surface area contributed by atoms with Gasteiger partial charge in [-0.2, -0.15) is 15.9 Å². The molecule has 0 unspecified atom stereocenters. The Hall–Kier alpha value is -2.41. The molecule has 1 heterocycles. The molecule has 0 bridgehead atoms. The second-order valence-electron chi connectivity index (χ2n) is 1.66. The summed E-state index contributed by atoms with van der Waals surface area (Å²) in [4.78, 5) is 0. The minimum atomic E-state index is 0.291. The predicted molar refractivity (Wildman–Crippen MR) is 37.7 cm³/mol. The summed E-state index contributed by atoms with van der Waals surface area (Å²) in [6.07, 6.45) is 7.30. The van der Waals surface area contributed by atoms with Gasteiger partial charge < -0.3 is 0 Å². The van der Waals surface area contributed by atoms with E-state index in [1.807, 2.05) is 0 Å². The molecule has 7 heteroatoms. The second kappa shape index (κ2) is 3.68. The SMILES string of the molecule is N#CNC1=NN(NC#N)N[C]=C1. The Bertz CT molecular complexity index is 290. The highest BCUT2D eigenvalue weighted by molar-refractivity contribution is 5.93. The maximum absolute atomic E-state index is 8.22. The Kier molecular flexibility index (Phi) is 2.36. The number of rotatable bonds is 1. The quantitative estimate of drug-likeness (QED) is 0.320. The average molecular weight is 162 g/mol. The molecule has 0 aromatic heterocycles. The van der Waals surface area contributed by atoms with Crippen LogP contribution in [0.3, 0.4) is 0 Å². The molecular weight excluding hydrogens is 158 g/mol. The van der Waals surface area contributed by atoms with Crippen molar-refractivity contribution in [2.75, 3.05) is 0 Å². The molecule has 1 aliphatic heterocycles. The first kappa shape index (κ1) is 7.69. The molecule has 3 N–H and O–H groups in total.